The molecule has 2 unspecified atom stereocenters. The van der Waals surface area contributed by atoms with Crippen molar-refractivity contribution in [2.45, 2.75) is 39.0 Å². The van der Waals surface area contributed by atoms with Crippen LogP contribution in [0.4, 0.5) is 0 Å². The van der Waals surface area contributed by atoms with E-state index < -0.39 is 0 Å². The van der Waals surface area contributed by atoms with Crippen molar-refractivity contribution in [2.24, 2.45) is 11.8 Å². The van der Waals surface area contributed by atoms with Gasteiger partial charge in [-0.1, -0.05) is 41.4 Å². The Bertz CT molecular complexity index is 472. The van der Waals surface area contributed by atoms with Crippen molar-refractivity contribution in [1.29, 1.82) is 0 Å². The van der Waals surface area contributed by atoms with Gasteiger partial charge in [0.15, 0.2) is 0 Å². The van der Waals surface area contributed by atoms with Crippen LogP contribution in [0, 0.1) is 11.8 Å². The Labute approximate surface area is 142 Å². The largest absolute Gasteiger partial charge is 0.356 e. The SMILES string of the molecule is CCC(CNC(=O)CCC1CCNC1)Cc1cccc(Br)c1. The molecule has 0 saturated carbocycles. The second-order valence-corrected chi connectivity index (χ2v) is 7.23. The number of carbonyl (C=O) groups excluding carboxylic acids is 1. The van der Waals surface area contributed by atoms with E-state index in [1.165, 1.54) is 12.0 Å². The summed E-state index contributed by atoms with van der Waals surface area (Å²) in [5, 5.41) is 6.47. The Morgan fingerprint density at radius 2 is 2.36 bits per heavy atom. The smallest absolute Gasteiger partial charge is 0.220 e. The average Bonchev–Trinajstić information content (AvgIpc) is 3.03. The molecule has 2 atom stereocenters. The molecule has 0 radical (unpaired) electrons. The zero-order valence-electron chi connectivity index (χ0n) is 13.4. The molecule has 1 aliphatic rings. The summed E-state index contributed by atoms with van der Waals surface area (Å²) in [7, 11) is 0. The molecule has 1 aromatic rings. The van der Waals surface area contributed by atoms with E-state index in [0.717, 1.165) is 43.4 Å². The van der Waals surface area contributed by atoms with Crippen LogP contribution in [0.2, 0.25) is 0 Å². The van der Waals surface area contributed by atoms with Gasteiger partial charge in [0.1, 0.15) is 0 Å². The highest BCUT2D eigenvalue weighted by molar-refractivity contribution is 9.10. The maximum absolute atomic E-state index is 12.0. The zero-order valence-corrected chi connectivity index (χ0v) is 15.0. The lowest BCUT2D eigenvalue weighted by Gasteiger charge is -2.16. The Hall–Kier alpha value is -0.870. The summed E-state index contributed by atoms with van der Waals surface area (Å²) in [4.78, 5) is 12.0. The molecular weight excluding hydrogens is 340 g/mol. The van der Waals surface area contributed by atoms with E-state index in [2.05, 4.69) is 51.7 Å². The van der Waals surface area contributed by atoms with Crippen molar-refractivity contribution in [3.05, 3.63) is 34.3 Å². The lowest BCUT2D eigenvalue weighted by Crippen LogP contribution is -2.30. The molecule has 1 aliphatic heterocycles. The molecule has 0 aromatic heterocycles. The molecule has 2 rings (SSSR count). The molecule has 22 heavy (non-hydrogen) atoms. The third-order valence-corrected chi connectivity index (χ3v) is 5.01. The number of amides is 1. The maximum atomic E-state index is 12.0. The number of hydrogen-bond donors (Lipinski definition) is 2. The first-order valence-electron chi connectivity index (χ1n) is 8.39. The first kappa shape index (κ1) is 17.5. The van der Waals surface area contributed by atoms with Crippen LogP contribution in [-0.2, 0) is 11.2 Å². The van der Waals surface area contributed by atoms with Gasteiger partial charge in [0.05, 0.1) is 0 Å². The second kappa shape index (κ2) is 9.31. The molecule has 4 heteroatoms. The summed E-state index contributed by atoms with van der Waals surface area (Å²) in [6.45, 7) is 5.16. The fourth-order valence-electron chi connectivity index (χ4n) is 3.00. The van der Waals surface area contributed by atoms with Crippen LogP contribution in [0.1, 0.15) is 38.2 Å². The topological polar surface area (TPSA) is 41.1 Å². The summed E-state index contributed by atoms with van der Waals surface area (Å²) in [6.07, 6.45) is 5.00. The first-order valence-corrected chi connectivity index (χ1v) is 9.18. The van der Waals surface area contributed by atoms with Crippen LogP contribution in [0.15, 0.2) is 28.7 Å². The lowest BCUT2D eigenvalue weighted by atomic mass is 9.96. The number of rotatable bonds is 8. The van der Waals surface area contributed by atoms with Crippen molar-refractivity contribution in [3.8, 4) is 0 Å². The average molecular weight is 367 g/mol. The predicted molar refractivity (Wildman–Crippen MR) is 94.8 cm³/mol. The van der Waals surface area contributed by atoms with E-state index in [9.17, 15) is 4.79 Å². The first-order chi connectivity index (χ1) is 10.7. The number of halogens is 1. The van der Waals surface area contributed by atoms with Crippen molar-refractivity contribution in [3.63, 3.8) is 0 Å². The van der Waals surface area contributed by atoms with E-state index in [1.54, 1.807) is 0 Å². The van der Waals surface area contributed by atoms with Crippen molar-refractivity contribution < 1.29 is 4.79 Å². The second-order valence-electron chi connectivity index (χ2n) is 6.31. The number of benzene rings is 1. The summed E-state index contributed by atoms with van der Waals surface area (Å²) in [5.41, 5.74) is 1.33. The van der Waals surface area contributed by atoms with Gasteiger partial charge in [-0.25, -0.2) is 0 Å². The van der Waals surface area contributed by atoms with Gasteiger partial charge in [0.25, 0.3) is 0 Å². The normalized spacial score (nSPS) is 19.1. The lowest BCUT2D eigenvalue weighted by molar-refractivity contribution is -0.121. The van der Waals surface area contributed by atoms with Gasteiger partial charge in [-0.3, -0.25) is 4.79 Å². The summed E-state index contributed by atoms with van der Waals surface area (Å²) in [5.74, 6) is 1.40. The van der Waals surface area contributed by atoms with Crippen LogP contribution >= 0.6 is 15.9 Å². The molecule has 1 fully saturated rings. The zero-order chi connectivity index (χ0) is 15.8. The maximum Gasteiger partial charge on any atom is 0.220 e. The Morgan fingerprint density at radius 3 is 3.05 bits per heavy atom. The van der Waals surface area contributed by atoms with Crippen LogP contribution in [0.3, 0.4) is 0 Å². The van der Waals surface area contributed by atoms with Crippen LogP contribution in [0.5, 0.6) is 0 Å². The predicted octanol–water partition coefficient (Wildman–Crippen LogP) is 3.52. The van der Waals surface area contributed by atoms with Crippen LogP contribution in [0.25, 0.3) is 0 Å². The number of hydrogen-bond acceptors (Lipinski definition) is 2. The molecule has 0 aliphatic carbocycles. The molecule has 1 aromatic carbocycles. The summed E-state index contributed by atoms with van der Waals surface area (Å²) < 4.78 is 1.12. The third-order valence-electron chi connectivity index (χ3n) is 4.52. The van der Waals surface area contributed by atoms with Gasteiger partial charge in [-0.05, 0) is 61.9 Å². The van der Waals surface area contributed by atoms with Gasteiger partial charge in [-0.2, -0.15) is 0 Å². The van der Waals surface area contributed by atoms with Gasteiger partial charge in [0.2, 0.25) is 5.91 Å². The van der Waals surface area contributed by atoms with E-state index in [-0.39, 0.29) is 5.91 Å². The third kappa shape index (κ3) is 6.09. The molecule has 1 amide bonds. The van der Waals surface area contributed by atoms with Gasteiger partial charge in [-0.15, -0.1) is 0 Å². The Kier molecular flexibility index (Phi) is 7.40. The molecule has 2 N–H and O–H groups in total. The van der Waals surface area contributed by atoms with Crippen molar-refractivity contribution in [1.82, 2.24) is 10.6 Å². The molecule has 1 saturated heterocycles. The molecule has 122 valence electrons. The quantitative estimate of drug-likeness (QED) is 0.738. The number of carbonyl (C=O) groups is 1. The van der Waals surface area contributed by atoms with Crippen LogP contribution in [-0.4, -0.2) is 25.5 Å². The van der Waals surface area contributed by atoms with Gasteiger partial charge >= 0.3 is 0 Å². The Balaban J connectivity index is 1.69. The molecule has 3 nitrogen and oxygen atoms in total. The molecular formula is C18H27BrN2O. The summed E-state index contributed by atoms with van der Waals surface area (Å²) >= 11 is 3.51. The van der Waals surface area contributed by atoms with E-state index >= 15 is 0 Å². The summed E-state index contributed by atoms with van der Waals surface area (Å²) in [6, 6.07) is 8.43. The van der Waals surface area contributed by atoms with Crippen molar-refractivity contribution >= 4 is 21.8 Å². The minimum atomic E-state index is 0.208. The van der Waals surface area contributed by atoms with E-state index in [4.69, 9.17) is 0 Å². The standard InChI is InChI=1S/C18H27BrN2O/c1-2-14(10-16-4-3-5-17(19)11-16)13-21-18(22)7-6-15-8-9-20-12-15/h3-5,11,14-15,20H,2,6-10,12-13H2,1H3,(H,21,22). The van der Waals surface area contributed by atoms with Crippen LogP contribution < -0.4 is 10.6 Å². The molecule has 0 bridgehead atoms. The van der Waals surface area contributed by atoms with E-state index in [1.807, 2.05) is 6.07 Å². The fourth-order valence-corrected chi connectivity index (χ4v) is 3.45. The van der Waals surface area contributed by atoms with Crippen molar-refractivity contribution in [2.75, 3.05) is 19.6 Å². The highest BCUT2D eigenvalue weighted by Gasteiger charge is 2.16. The molecule has 1 heterocycles. The minimum Gasteiger partial charge on any atom is -0.356 e. The van der Waals surface area contributed by atoms with Gasteiger partial charge in [0, 0.05) is 17.4 Å². The minimum absolute atomic E-state index is 0.208. The van der Waals surface area contributed by atoms with E-state index in [0.29, 0.717) is 18.3 Å². The number of nitrogens with one attached hydrogen (secondary N) is 2. The van der Waals surface area contributed by atoms with Gasteiger partial charge < -0.3 is 10.6 Å². The highest BCUT2D eigenvalue weighted by atomic mass is 79.9. The highest BCUT2D eigenvalue weighted by Crippen LogP contribution is 2.17. The monoisotopic (exact) mass is 366 g/mol. The fraction of sp³-hybridized carbons (Fsp3) is 0.611. The Morgan fingerprint density at radius 1 is 1.50 bits per heavy atom. The molecule has 0 spiro atoms.